The molecule has 5 nitrogen and oxygen atoms in total. The lowest BCUT2D eigenvalue weighted by Gasteiger charge is -2.06. The van der Waals surface area contributed by atoms with Gasteiger partial charge in [-0.2, -0.15) is 0 Å². The van der Waals surface area contributed by atoms with Gasteiger partial charge >= 0.3 is 0 Å². The lowest BCUT2D eigenvalue weighted by molar-refractivity contribution is -0.110. The van der Waals surface area contributed by atoms with Crippen molar-refractivity contribution >= 4 is 34.6 Å². The Morgan fingerprint density at radius 3 is 2.68 bits per heavy atom. The van der Waals surface area contributed by atoms with Crippen LogP contribution in [0.15, 0.2) is 24.4 Å². The first kappa shape index (κ1) is 11.4. The SMILES string of the molecule is Cc1cc[nH]c1/C=C1\C(=O)Nc2ccc(N)c(N)c21. The van der Waals surface area contributed by atoms with E-state index in [9.17, 15) is 4.79 Å². The summed E-state index contributed by atoms with van der Waals surface area (Å²) in [4.78, 5) is 15.1. The van der Waals surface area contributed by atoms with Crippen molar-refractivity contribution in [2.45, 2.75) is 6.92 Å². The second kappa shape index (κ2) is 3.91. The molecule has 1 aromatic carbocycles. The van der Waals surface area contributed by atoms with Gasteiger partial charge in [-0.1, -0.05) is 0 Å². The Balaban J connectivity index is 2.21. The zero-order chi connectivity index (χ0) is 13.6. The van der Waals surface area contributed by atoms with Gasteiger partial charge in [0.15, 0.2) is 0 Å². The molecule has 1 aliphatic heterocycles. The first-order valence-corrected chi connectivity index (χ1v) is 5.93. The second-order valence-electron chi connectivity index (χ2n) is 4.58. The fourth-order valence-corrected chi connectivity index (χ4v) is 2.23. The Labute approximate surface area is 110 Å². The zero-order valence-corrected chi connectivity index (χ0v) is 10.4. The van der Waals surface area contributed by atoms with Crippen molar-refractivity contribution in [2.24, 2.45) is 0 Å². The average Bonchev–Trinajstić information content (AvgIpc) is 2.91. The predicted octanol–water partition coefficient (Wildman–Crippen LogP) is 1.98. The summed E-state index contributed by atoms with van der Waals surface area (Å²) in [5, 5.41) is 2.79. The van der Waals surface area contributed by atoms with Crippen LogP contribution in [0.3, 0.4) is 0 Å². The van der Waals surface area contributed by atoms with Crippen LogP contribution in [-0.4, -0.2) is 10.9 Å². The molecule has 0 bridgehead atoms. The van der Waals surface area contributed by atoms with E-state index < -0.39 is 0 Å². The van der Waals surface area contributed by atoms with E-state index in [4.69, 9.17) is 11.5 Å². The Morgan fingerprint density at radius 1 is 1.21 bits per heavy atom. The van der Waals surface area contributed by atoms with Crippen molar-refractivity contribution in [1.29, 1.82) is 0 Å². The first-order valence-electron chi connectivity index (χ1n) is 5.93. The van der Waals surface area contributed by atoms with Crippen LogP contribution in [0.2, 0.25) is 0 Å². The summed E-state index contributed by atoms with van der Waals surface area (Å²) in [5.41, 5.74) is 16.6. The number of H-pyrrole nitrogens is 1. The average molecular weight is 254 g/mol. The molecule has 2 heterocycles. The van der Waals surface area contributed by atoms with Crippen molar-refractivity contribution in [3.05, 3.63) is 41.2 Å². The summed E-state index contributed by atoms with van der Waals surface area (Å²) in [5.74, 6) is -0.165. The van der Waals surface area contributed by atoms with Crippen LogP contribution >= 0.6 is 0 Å². The number of nitrogens with one attached hydrogen (secondary N) is 2. The summed E-state index contributed by atoms with van der Waals surface area (Å²) < 4.78 is 0. The van der Waals surface area contributed by atoms with Gasteiger partial charge in [0.2, 0.25) is 0 Å². The number of hydrogen-bond acceptors (Lipinski definition) is 3. The van der Waals surface area contributed by atoms with Crippen LogP contribution in [-0.2, 0) is 4.79 Å². The highest BCUT2D eigenvalue weighted by Crippen LogP contribution is 2.39. The van der Waals surface area contributed by atoms with Crippen molar-refractivity contribution in [3.63, 3.8) is 0 Å². The fraction of sp³-hybridized carbons (Fsp3) is 0.0714. The number of anilines is 3. The van der Waals surface area contributed by atoms with Crippen molar-refractivity contribution in [3.8, 4) is 0 Å². The molecule has 96 valence electrons. The highest BCUT2D eigenvalue weighted by molar-refractivity contribution is 6.36. The lowest BCUT2D eigenvalue weighted by Crippen LogP contribution is -2.03. The minimum atomic E-state index is -0.165. The highest BCUT2D eigenvalue weighted by Gasteiger charge is 2.27. The van der Waals surface area contributed by atoms with Gasteiger partial charge in [0.25, 0.3) is 5.91 Å². The molecule has 0 spiro atoms. The Bertz CT molecular complexity index is 712. The molecule has 0 saturated carbocycles. The summed E-state index contributed by atoms with van der Waals surface area (Å²) in [7, 11) is 0. The molecule has 0 fully saturated rings. The van der Waals surface area contributed by atoms with E-state index in [0.29, 0.717) is 28.2 Å². The number of hydrogen-bond donors (Lipinski definition) is 4. The van der Waals surface area contributed by atoms with Crippen LogP contribution < -0.4 is 16.8 Å². The maximum absolute atomic E-state index is 12.0. The summed E-state index contributed by atoms with van der Waals surface area (Å²) in [6, 6.07) is 5.40. The van der Waals surface area contributed by atoms with Gasteiger partial charge in [-0.3, -0.25) is 4.79 Å². The Morgan fingerprint density at radius 2 is 2.00 bits per heavy atom. The Hall–Kier alpha value is -2.69. The molecule has 19 heavy (non-hydrogen) atoms. The quantitative estimate of drug-likeness (QED) is 0.462. The number of aryl methyl sites for hydroxylation is 1. The highest BCUT2D eigenvalue weighted by atomic mass is 16.2. The number of nitrogen functional groups attached to an aromatic ring is 2. The lowest BCUT2D eigenvalue weighted by atomic mass is 10.0. The molecular formula is C14H14N4O. The zero-order valence-electron chi connectivity index (χ0n) is 10.4. The number of rotatable bonds is 1. The number of nitrogens with two attached hydrogens (primary N) is 2. The second-order valence-corrected chi connectivity index (χ2v) is 4.58. The van der Waals surface area contributed by atoms with Crippen LogP contribution in [0.25, 0.3) is 11.6 Å². The van der Waals surface area contributed by atoms with E-state index in [0.717, 1.165) is 11.3 Å². The monoisotopic (exact) mass is 254 g/mol. The van der Waals surface area contributed by atoms with Gasteiger partial charge < -0.3 is 21.8 Å². The summed E-state index contributed by atoms with van der Waals surface area (Å²) in [6.07, 6.45) is 3.63. The van der Waals surface area contributed by atoms with E-state index >= 15 is 0 Å². The van der Waals surface area contributed by atoms with E-state index in [1.165, 1.54) is 0 Å². The van der Waals surface area contributed by atoms with Crippen LogP contribution in [0.4, 0.5) is 17.1 Å². The number of fused-ring (bicyclic) bond motifs is 1. The minimum Gasteiger partial charge on any atom is -0.397 e. The fourth-order valence-electron chi connectivity index (χ4n) is 2.23. The van der Waals surface area contributed by atoms with E-state index in [2.05, 4.69) is 10.3 Å². The number of benzene rings is 1. The number of carbonyl (C=O) groups is 1. The third-order valence-electron chi connectivity index (χ3n) is 3.33. The molecule has 1 aliphatic rings. The van der Waals surface area contributed by atoms with Crippen LogP contribution in [0, 0.1) is 6.92 Å². The number of amides is 1. The maximum atomic E-state index is 12.0. The molecule has 5 heteroatoms. The van der Waals surface area contributed by atoms with Crippen molar-refractivity contribution < 1.29 is 4.79 Å². The van der Waals surface area contributed by atoms with Gasteiger partial charge in [-0.05, 0) is 36.8 Å². The molecule has 0 aliphatic carbocycles. The van der Waals surface area contributed by atoms with E-state index in [-0.39, 0.29) is 5.91 Å². The van der Waals surface area contributed by atoms with Gasteiger partial charge in [-0.15, -0.1) is 0 Å². The third-order valence-corrected chi connectivity index (χ3v) is 3.33. The maximum Gasteiger partial charge on any atom is 0.256 e. The number of aromatic nitrogens is 1. The molecule has 1 amide bonds. The van der Waals surface area contributed by atoms with Gasteiger partial charge in [0, 0.05) is 17.5 Å². The normalized spacial score (nSPS) is 15.6. The Kier molecular flexibility index (Phi) is 2.35. The molecule has 1 aromatic heterocycles. The van der Waals surface area contributed by atoms with Crippen molar-refractivity contribution in [1.82, 2.24) is 4.98 Å². The minimum absolute atomic E-state index is 0.165. The molecular weight excluding hydrogens is 240 g/mol. The molecule has 0 unspecified atom stereocenters. The summed E-state index contributed by atoms with van der Waals surface area (Å²) >= 11 is 0. The van der Waals surface area contributed by atoms with Gasteiger partial charge in [-0.25, -0.2) is 0 Å². The van der Waals surface area contributed by atoms with Gasteiger partial charge in [0.05, 0.1) is 22.6 Å². The first-order chi connectivity index (χ1) is 9.08. The van der Waals surface area contributed by atoms with Crippen LogP contribution in [0.5, 0.6) is 0 Å². The molecule has 3 rings (SSSR count). The van der Waals surface area contributed by atoms with E-state index in [1.807, 2.05) is 19.2 Å². The largest absolute Gasteiger partial charge is 0.397 e. The number of aromatic amines is 1. The predicted molar refractivity (Wildman–Crippen MR) is 77.3 cm³/mol. The number of carbonyl (C=O) groups excluding carboxylic acids is 1. The standard InChI is InChI=1S/C14H14N4O/c1-7-4-5-17-11(7)6-8-12-10(18-14(8)19)3-2-9(15)13(12)16/h2-6,17H,15-16H2,1H3,(H,18,19)/b8-6-. The smallest absolute Gasteiger partial charge is 0.256 e. The topological polar surface area (TPSA) is 96.9 Å². The molecule has 0 radical (unpaired) electrons. The van der Waals surface area contributed by atoms with Crippen LogP contribution in [0.1, 0.15) is 16.8 Å². The molecule has 0 saturated heterocycles. The third kappa shape index (κ3) is 1.67. The van der Waals surface area contributed by atoms with Crippen molar-refractivity contribution in [2.75, 3.05) is 16.8 Å². The van der Waals surface area contributed by atoms with Gasteiger partial charge in [0.1, 0.15) is 0 Å². The molecule has 2 aromatic rings. The molecule has 0 atom stereocenters. The molecule has 6 N–H and O–H groups in total. The van der Waals surface area contributed by atoms with E-state index in [1.54, 1.807) is 18.2 Å². The summed E-state index contributed by atoms with van der Waals surface area (Å²) in [6.45, 7) is 1.97.